The van der Waals surface area contributed by atoms with Crippen molar-refractivity contribution in [2.75, 3.05) is 31.1 Å². The van der Waals surface area contributed by atoms with Gasteiger partial charge in [0.25, 0.3) is 0 Å². The van der Waals surface area contributed by atoms with Crippen LogP contribution in [-0.2, 0) is 6.54 Å². The molecule has 0 spiro atoms. The third-order valence-corrected chi connectivity index (χ3v) is 4.42. The van der Waals surface area contributed by atoms with Crippen LogP contribution in [0.25, 0.3) is 11.3 Å². The first kappa shape index (κ1) is 14.9. The van der Waals surface area contributed by atoms with Gasteiger partial charge in [-0.05, 0) is 12.1 Å². The van der Waals surface area contributed by atoms with E-state index >= 15 is 0 Å². The van der Waals surface area contributed by atoms with Crippen LogP contribution in [0, 0.1) is 0 Å². The molecule has 1 saturated heterocycles. The van der Waals surface area contributed by atoms with Crippen LogP contribution >= 0.6 is 0 Å². The SMILES string of the molecule is c1ccc(-c2c[nH]c(CN3CCN(c4ccccn4)CC3)n2)cc1. The molecule has 0 unspecified atom stereocenters. The van der Waals surface area contributed by atoms with E-state index in [1.807, 2.05) is 42.7 Å². The van der Waals surface area contributed by atoms with Crippen LogP contribution in [0.5, 0.6) is 0 Å². The molecule has 5 heteroatoms. The van der Waals surface area contributed by atoms with Crippen molar-refractivity contribution in [2.24, 2.45) is 0 Å². The molecule has 1 aliphatic heterocycles. The number of hydrogen-bond donors (Lipinski definition) is 1. The Bertz CT molecular complexity index is 761. The van der Waals surface area contributed by atoms with Crippen molar-refractivity contribution in [1.82, 2.24) is 19.9 Å². The average molecular weight is 319 g/mol. The molecule has 4 rings (SSSR count). The Morgan fingerprint density at radius 1 is 0.917 bits per heavy atom. The maximum absolute atomic E-state index is 4.73. The van der Waals surface area contributed by atoms with Gasteiger partial charge in [0.1, 0.15) is 11.6 Å². The highest BCUT2D eigenvalue weighted by atomic mass is 15.3. The molecule has 0 bridgehead atoms. The predicted octanol–water partition coefficient (Wildman–Crippen LogP) is 2.79. The number of aromatic nitrogens is 3. The fourth-order valence-electron chi connectivity index (χ4n) is 3.09. The lowest BCUT2D eigenvalue weighted by atomic mass is 10.2. The van der Waals surface area contributed by atoms with Crippen LogP contribution in [0.15, 0.2) is 60.9 Å². The Morgan fingerprint density at radius 3 is 2.46 bits per heavy atom. The van der Waals surface area contributed by atoms with E-state index in [1.165, 1.54) is 0 Å². The van der Waals surface area contributed by atoms with E-state index in [-0.39, 0.29) is 0 Å². The number of nitrogens with one attached hydrogen (secondary N) is 1. The quantitative estimate of drug-likeness (QED) is 0.803. The van der Waals surface area contributed by atoms with Crippen LogP contribution < -0.4 is 4.90 Å². The normalized spacial score (nSPS) is 15.6. The van der Waals surface area contributed by atoms with E-state index in [1.54, 1.807) is 0 Å². The number of hydrogen-bond acceptors (Lipinski definition) is 4. The zero-order chi connectivity index (χ0) is 16.2. The number of aromatic amines is 1. The zero-order valence-corrected chi connectivity index (χ0v) is 13.6. The van der Waals surface area contributed by atoms with Gasteiger partial charge < -0.3 is 9.88 Å². The molecule has 5 nitrogen and oxygen atoms in total. The van der Waals surface area contributed by atoms with Crippen molar-refractivity contribution in [1.29, 1.82) is 0 Å². The minimum Gasteiger partial charge on any atom is -0.354 e. The minimum atomic E-state index is 0.864. The number of benzene rings is 1. The van der Waals surface area contributed by atoms with E-state index < -0.39 is 0 Å². The summed E-state index contributed by atoms with van der Waals surface area (Å²) in [5.74, 6) is 2.10. The van der Waals surface area contributed by atoms with Gasteiger partial charge in [-0.3, -0.25) is 4.90 Å². The smallest absolute Gasteiger partial charge is 0.128 e. The van der Waals surface area contributed by atoms with Gasteiger partial charge in [-0.2, -0.15) is 0 Å². The molecule has 0 radical (unpaired) electrons. The first-order valence-corrected chi connectivity index (χ1v) is 8.36. The number of anilines is 1. The van der Waals surface area contributed by atoms with Gasteiger partial charge in [0.2, 0.25) is 0 Å². The monoisotopic (exact) mass is 319 g/mol. The number of nitrogens with zero attached hydrogens (tertiary/aromatic N) is 4. The van der Waals surface area contributed by atoms with E-state index in [2.05, 4.69) is 38.0 Å². The average Bonchev–Trinajstić information content (AvgIpc) is 3.12. The third-order valence-electron chi connectivity index (χ3n) is 4.42. The second-order valence-electron chi connectivity index (χ2n) is 6.05. The van der Waals surface area contributed by atoms with Crippen molar-refractivity contribution in [2.45, 2.75) is 6.54 Å². The largest absolute Gasteiger partial charge is 0.354 e. The van der Waals surface area contributed by atoms with Crippen molar-refractivity contribution < 1.29 is 0 Å². The summed E-state index contributed by atoms with van der Waals surface area (Å²) in [7, 11) is 0. The Balaban J connectivity index is 1.35. The molecule has 0 aliphatic carbocycles. The van der Waals surface area contributed by atoms with Crippen LogP contribution in [-0.4, -0.2) is 46.0 Å². The lowest BCUT2D eigenvalue weighted by molar-refractivity contribution is 0.244. The Morgan fingerprint density at radius 2 is 1.71 bits per heavy atom. The summed E-state index contributed by atoms with van der Waals surface area (Å²) < 4.78 is 0. The van der Waals surface area contributed by atoms with Crippen LogP contribution in [0.4, 0.5) is 5.82 Å². The van der Waals surface area contributed by atoms with Gasteiger partial charge in [0.05, 0.1) is 12.2 Å². The topological polar surface area (TPSA) is 48.1 Å². The highest BCUT2D eigenvalue weighted by molar-refractivity contribution is 5.57. The maximum Gasteiger partial charge on any atom is 0.128 e. The highest BCUT2D eigenvalue weighted by Gasteiger charge is 2.18. The second kappa shape index (κ2) is 6.84. The number of piperazine rings is 1. The Kier molecular flexibility index (Phi) is 4.25. The fraction of sp³-hybridized carbons (Fsp3) is 0.263. The molecule has 24 heavy (non-hydrogen) atoms. The number of H-pyrrole nitrogens is 1. The van der Waals surface area contributed by atoms with Gasteiger partial charge in [-0.25, -0.2) is 9.97 Å². The summed E-state index contributed by atoms with van der Waals surface area (Å²) in [6.45, 7) is 4.92. The summed E-state index contributed by atoms with van der Waals surface area (Å²) in [4.78, 5) is 17.3. The van der Waals surface area contributed by atoms with Crippen molar-refractivity contribution in [3.63, 3.8) is 0 Å². The van der Waals surface area contributed by atoms with Gasteiger partial charge in [0, 0.05) is 44.1 Å². The number of rotatable bonds is 4. The predicted molar refractivity (Wildman–Crippen MR) is 95.8 cm³/mol. The summed E-state index contributed by atoms with van der Waals surface area (Å²) >= 11 is 0. The van der Waals surface area contributed by atoms with Crippen LogP contribution in [0.2, 0.25) is 0 Å². The molecule has 0 amide bonds. The van der Waals surface area contributed by atoms with Crippen LogP contribution in [0.3, 0.4) is 0 Å². The first-order chi connectivity index (χ1) is 11.9. The van der Waals surface area contributed by atoms with Crippen molar-refractivity contribution >= 4 is 5.82 Å². The Labute approximate surface area is 142 Å². The molecular weight excluding hydrogens is 298 g/mol. The molecule has 1 aromatic carbocycles. The standard InChI is InChI=1S/C19H21N5/c1-2-6-16(7-3-1)17-14-21-18(22-17)15-23-10-12-24(13-11-23)19-8-4-5-9-20-19/h1-9,14H,10-13,15H2,(H,21,22). The van der Waals surface area contributed by atoms with E-state index in [4.69, 9.17) is 4.98 Å². The van der Waals surface area contributed by atoms with Crippen molar-refractivity contribution in [3.05, 3.63) is 66.7 Å². The summed E-state index contributed by atoms with van der Waals surface area (Å²) in [5, 5.41) is 0. The molecular formula is C19H21N5. The van der Waals surface area contributed by atoms with E-state index in [0.717, 1.165) is 55.6 Å². The number of imidazole rings is 1. The molecule has 122 valence electrons. The molecule has 1 N–H and O–H groups in total. The summed E-state index contributed by atoms with van der Waals surface area (Å²) in [5.41, 5.74) is 2.16. The molecule has 2 aromatic heterocycles. The maximum atomic E-state index is 4.73. The molecule has 0 saturated carbocycles. The van der Waals surface area contributed by atoms with E-state index in [0.29, 0.717) is 0 Å². The van der Waals surface area contributed by atoms with Gasteiger partial charge >= 0.3 is 0 Å². The van der Waals surface area contributed by atoms with E-state index in [9.17, 15) is 0 Å². The fourth-order valence-corrected chi connectivity index (χ4v) is 3.09. The molecule has 1 aliphatic rings. The van der Waals surface area contributed by atoms with Gasteiger partial charge in [0.15, 0.2) is 0 Å². The van der Waals surface area contributed by atoms with Crippen LogP contribution in [0.1, 0.15) is 5.82 Å². The van der Waals surface area contributed by atoms with Gasteiger partial charge in [-0.1, -0.05) is 36.4 Å². The van der Waals surface area contributed by atoms with Gasteiger partial charge in [-0.15, -0.1) is 0 Å². The highest BCUT2D eigenvalue weighted by Crippen LogP contribution is 2.18. The van der Waals surface area contributed by atoms with Crippen molar-refractivity contribution in [3.8, 4) is 11.3 Å². The zero-order valence-electron chi connectivity index (χ0n) is 13.6. The molecule has 3 heterocycles. The molecule has 1 fully saturated rings. The Hall–Kier alpha value is -2.66. The molecule has 0 atom stereocenters. The second-order valence-corrected chi connectivity index (χ2v) is 6.05. The summed E-state index contributed by atoms with van der Waals surface area (Å²) in [6, 6.07) is 16.4. The lowest BCUT2D eigenvalue weighted by Crippen LogP contribution is -2.46. The lowest BCUT2D eigenvalue weighted by Gasteiger charge is -2.34. The third kappa shape index (κ3) is 3.31. The summed E-state index contributed by atoms with van der Waals surface area (Å²) in [6.07, 6.45) is 3.85. The first-order valence-electron chi connectivity index (χ1n) is 8.36. The number of pyridine rings is 1. The minimum absolute atomic E-state index is 0.864. The molecule has 3 aromatic rings.